The number of amides is 2. The van der Waals surface area contributed by atoms with Crippen molar-refractivity contribution in [1.29, 1.82) is 0 Å². The Labute approximate surface area is 177 Å². The van der Waals surface area contributed by atoms with Gasteiger partial charge in [-0.2, -0.15) is 0 Å². The largest absolute Gasteiger partial charge is 0.482 e. The van der Waals surface area contributed by atoms with Crippen LogP contribution >= 0.6 is 0 Å². The lowest BCUT2D eigenvalue weighted by atomic mass is 10.1. The minimum absolute atomic E-state index is 0.0401. The lowest BCUT2D eigenvalue weighted by molar-refractivity contribution is -0.115. The Hall–Kier alpha value is -2.87. The van der Waals surface area contributed by atoms with Crippen molar-refractivity contribution >= 4 is 17.5 Å². The van der Waals surface area contributed by atoms with Crippen LogP contribution in [0.5, 0.6) is 5.88 Å². The summed E-state index contributed by atoms with van der Waals surface area (Å²) in [6.07, 6.45) is 0.299. The molecule has 0 unspecified atom stereocenters. The van der Waals surface area contributed by atoms with E-state index in [9.17, 15) is 14.0 Å². The number of nitrogens with one attached hydrogen (secondary N) is 3. The number of ether oxygens (including phenoxy) is 1. The molecule has 1 aromatic heterocycles. The molecule has 0 fully saturated rings. The summed E-state index contributed by atoms with van der Waals surface area (Å²) in [6.45, 7) is 11.6. The number of aromatic nitrogens is 1. The molecular weight excluding hydrogens is 387 g/mol. The number of nitrogens with zero attached hydrogens (tertiary/aromatic N) is 1. The van der Waals surface area contributed by atoms with Gasteiger partial charge in [-0.3, -0.25) is 9.59 Å². The number of hydrogen-bond acceptors (Lipinski definition) is 4. The molecule has 3 N–H and O–H groups in total. The topological polar surface area (TPSA) is 86.5 Å². The van der Waals surface area contributed by atoms with Gasteiger partial charge in [-0.25, -0.2) is 4.39 Å². The molecule has 2 amide bonds. The highest BCUT2D eigenvalue weighted by Gasteiger charge is 2.18. The number of likely N-dealkylation sites (N-methyl/N-ethyl adjacent to an activating group) is 1. The van der Waals surface area contributed by atoms with E-state index in [0.29, 0.717) is 24.4 Å². The van der Waals surface area contributed by atoms with Gasteiger partial charge in [-0.05, 0) is 50.7 Å². The lowest BCUT2D eigenvalue weighted by Crippen LogP contribution is -2.35. The quantitative estimate of drug-likeness (QED) is 0.645. The summed E-state index contributed by atoms with van der Waals surface area (Å²) >= 11 is 0. The molecule has 1 aromatic carbocycles. The molecule has 0 spiro atoms. The molecule has 3 rings (SSSR count). The molecule has 7 nitrogen and oxygen atoms in total. The van der Waals surface area contributed by atoms with Crippen LogP contribution in [-0.2, 0) is 11.2 Å². The van der Waals surface area contributed by atoms with Gasteiger partial charge < -0.3 is 25.3 Å². The van der Waals surface area contributed by atoms with E-state index in [2.05, 4.69) is 34.4 Å². The summed E-state index contributed by atoms with van der Waals surface area (Å²) < 4.78 is 17.7. The second-order valence-corrected chi connectivity index (χ2v) is 7.09. The predicted molar refractivity (Wildman–Crippen MR) is 116 cm³/mol. The summed E-state index contributed by atoms with van der Waals surface area (Å²) in [5.41, 5.74) is 3.87. The van der Waals surface area contributed by atoms with Gasteiger partial charge in [0.25, 0.3) is 5.91 Å². The lowest BCUT2D eigenvalue weighted by Gasteiger charge is -2.18. The standard InChI is InChI=1S/C14H25N3O2.C8H6FNO/c1-6-17(7-2)9-8-15-13(18)12-10(3)14(19-5)16-11(12)4;9-6-1-2-7-5(3-6)4-8(11)10-7/h16H,6-9H2,1-5H3,(H,15,18);1-3H,4H2,(H,10,11). The molecule has 0 atom stereocenters. The van der Waals surface area contributed by atoms with E-state index in [1.165, 1.54) is 12.1 Å². The second-order valence-electron chi connectivity index (χ2n) is 7.09. The summed E-state index contributed by atoms with van der Waals surface area (Å²) in [4.78, 5) is 28.3. The van der Waals surface area contributed by atoms with E-state index in [-0.39, 0.29) is 17.6 Å². The van der Waals surface area contributed by atoms with Gasteiger partial charge in [0.1, 0.15) is 5.82 Å². The Balaban J connectivity index is 0.000000244. The zero-order valence-corrected chi connectivity index (χ0v) is 18.3. The van der Waals surface area contributed by atoms with Crippen molar-refractivity contribution in [2.24, 2.45) is 0 Å². The first-order valence-corrected chi connectivity index (χ1v) is 10.1. The van der Waals surface area contributed by atoms with Crippen molar-refractivity contribution in [2.75, 3.05) is 38.6 Å². The number of aryl methyl sites for hydroxylation is 1. The SMILES string of the molecule is CCN(CC)CCNC(=O)c1c(C)[nH]c(OC)c1C.O=C1Cc2cc(F)ccc2N1. The Morgan fingerprint density at radius 1 is 1.27 bits per heavy atom. The molecule has 8 heteroatoms. The van der Waals surface area contributed by atoms with E-state index in [1.807, 2.05) is 13.8 Å². The molecular formula is C22H31FN4O3. The number of rotatable bonds is 7. The monoisotopic (exact) mass is 418 g/mol. The zero-order valence-electron chi connectivity index (χ0n) is 18.3. The number of carbonyl (C=O) groups excluding carboxylic acids is 2. The van der Waals surface area contributed by atoms with Crippen LogP contribution in [0.2, 0.25) is 0 Å². The Kier molecular flexibility index (Phi) is 8.41. The smallest absolute Gasteiger partial charge is 0.253 e. The number of carbonyl (C=O) groups is 2. The van der Waals surface area contributed by atoms with Crippen molar-refractivity contribution < 1.29 is 18.7 Å². The van der Waals surface area contributed by atoms with E-state index in [4.69, 9.17) is 4.74 Å². The maximum atomic E-state index is 12.5. The zero-order chi connectivity index (χ0) is 22.3. The highest BCUT2D eigenvalue weighted by Crippen LogP contribution is 2.24. The number of methoxy groups -OCH3 is 1. The normalized spacial score (nSPS) is 12.2. The molecule has 2 heterocycles. The fraction of sp³-hybridized carbons (Fsp3) is 0.455. The molecule has 0 radical (unpaired) electrons. The molecule has 0 saturated heterocycles. The maximum absolute atomic E-state index is 12.5. The van der Waals surface area contributed by atoms with Crippen LogP contribution in [0, 0.1) is 19.7 Å². The first-order valence-electron chi connectivity index (χ1n) is 10.1. The van der Waals surface area contributed by atoms with Gasteiger partial charge in [0.15, 0.2) is 5.88 Å². The molecule has 0 bridgehead atoms. The predicted octanol–water partition coefficient (Wildman–Crippen LogP) is 3.03. The molecule has 1 aliphatic heterocycles. The van der Waals surface area contributed by atoms with Crippen LogP contribution in [0.4, 0.5) is 10.1 Å². The molecule has 1 aliphatic rings. The van der Waals surface area contributed by atoms with Crippen LogP contribution in [0.25, 0.3) is 0 Å². The minimum atomic E-state index is -0.291. The van der Waals surface area contributed by atoms with Crippen molar-refractivity contribution in [3.05, 3.63) is 46.4 Å². The van der Waals surface area contributed by atoms with Gasteiger partial charge in [-0.15, -0.1) is 0 Å². The highest BCUT2D eigenvalue weighted by atomic mass is 19.1. The summed E-state index contributed by atoms with van der Waals surface area (Å²) in [5.74, 6) is 0.263. The first-order chi connectivity index (χ1) is 14.3. The summed E-state index contributed by atoms with van der Waals surface area (Å²) in [6, 6.07) is 4.30. The van der Waals surface area contributed by atoms with Crippen LogP contribution in [-0.4, -0.2) is 55.0 Å². The van der Waals surface area contributed by atoms with Crippen LogP contribution in [0.15, 0.2) is 18.2 Å². The average molecular weight is 419 g/mol. The number of aromatic amines is 1. The second kappa shape index (κ2) is 10.8. The van der Waals surface area contributed by atoms with Gasteiger partial charge in [-0.1, -0.05) is 13.8 Å². The molecule has 30 heavy (non-hydrogen) atoms. The van der Waals surface area contributed by atoms with Crippen molar-refractivity contribution in [3.8, 4) is 5.88 Å². The van der Waals surface area contributed by atoms with E-state index in [1.54, 1.807) is 13.2 Å². The molecule has 0 aliphatic carbocycles. The van der Waals surface area contributed by atoms with Gasteiger partial charge in [0.05, 0.1) is 19.1 Å². The maximum Gasteiger partial charge on any atom is 0.253 e. The first kappa shape index (κ1) is 23.4. The van der Waals surface area contributed by atoms with Gasteiger partial charge in [0.2, 0.25) is 5.91 Å². The van der Waals surface area contributed by atoms with Crippen LogP contribution in [0.1, 0.15) is 41.0 Å². The van der Waals surface area contributed by atoms with Crippen molar-refractivity contribution in [3.63, 3.8) is 0 Å². The van der Waals surface area contributed by atoms with Crippen LogP contribution < -0.4 is 15.4 Å². The van der Waals surface area contributed by atoms with E-state index in [0.717, 1.165) is 42.1 Å². The third kappa shape index (κ3) is 5.82. The third-order valence-corrected chi connectivity index (χ3v) is 5.12. The summed E-state index contributed by atoms with van der Waals surface area (Å²) in [5, 5.41) is 5.58. The van der Waals surface area contributed by atoms with Crippen molar-refractivity contribution in [2.45, 2.75) is 34.1 Å². The van der Waals surface area contributed by atoms with Crippen LogP contribution in [0.3, 0.4) is 0 Å². The van der Waals surface area contributed by atoms with E-state index < -0.39 is 0 Å². The number of benzene rings is 1. The van der Waals surface area contributed by atoms with Crippen molar-refractivity contribution in [1.82, 2.24) is 15.2 Å². The number of H-pyrrole nitrogens is 1. The highest BCUT2D eigenvalue weighted by molar-refractivity contribution is 5.99. The molecule has 2 aromatic rings. The Bertz CT molecular complexity index is 891. The fourth-order valence-electron chi connectivity index (χ4n) is 3.42. The Morgan fingerprint density at radius 3 is 2.57 bits per heavy atom. The fourth-order valence-corrected chi connectivity index (χ4v) is 3.42. The van der Waals surface area contributed by atoms with Gasteiger partial charge in [0, 0.05) is 30.0 Å². The number of anilines is 1. The summed E-state index contributed by atoms with van der Waals surface area (Å²) in [7, 11) is 1.60. The minimum Gasteiger partial charge on any atom is -0.482 e. The van der Waals surface area contributed by atoms with Gasteiger partial charge >= 0.3 is 0 Å². The average Bonchev–Trinajstić information content (AvgIpc) is 3.22. The number of fused-ring (bicyclic) bond motifs is 1. The third-order valence-electron chi connectivity index (χ3n) is 5.12. The number of halogens is 1. The van der Waals surface area contributed by atoms with E-state index >= 15 is 0 Å². The molecule has 0 saturated carbocycles. The number of hydrogen-bond donors (Lipinski definition) is 3. The molecule has 164 valence electrons. The Morgan fingerprint density at radius 2 is 1.97 bits per heavy atom.